The highest BCUT2D eigenvalue weighted by Crippen LogP contribution is 2.07. The maximum Gasteiger partial charge on any atom is 0.222 e. The molecule has 0 bridgehead atoms. The minimum Gasteiger partial charge on any atom is -0.380 e. The van der Waals surface area contributed by atoms with Crippen LogP contribution in [0.4, 0.5) is 0 Å². The molecular formula is C15H20N4O2. The van der Waals surface area contributed by atoms with Gasteiger partial charge in [-0.15, -0.1) is 0 Å². The topological polar surface area (TPSA) is 82.2 Å². The summed E-state index contributed by atoms with van der Waals surface area (Å²) in [7, 11) is 1.55. The van der Waals surface area contributed by atoms with Crippen LogP contribution in [0.3, 0.4) is 0 Å². The van der Waals surface area contributed by atoms with Crippen LogP contribution < -0.4 is 11.1 Å². The Labute approximate surface area is 123 Å². The number of nitrogens with zero attached hydrogens (tertiary/aromatic N) is 2. The van der Waals surface area contributed by atoms with Crippen molar-refractivity contribution in [3.8, 4) is 5.69 Å². The van der Waals surface area contributed by atoms with Gasteiger partial charge in [-0.25, -0.2) is 4.68 Å². The lowest BCUT2D eigenvalue weighted by Gasteiger charge is -2.12. The first-order valence-electron chi connectivity index (χ1n) is 6.81. The van der Waals surface area contributed by atoms with Gasteiger partial charge in [-0.2, -0.15) is 5.10 Å². The molecule has 6 heteroatoms. The third-order valence-corrected chi connectivity index (χ3v) is 3.16. The van der Waals surface area contributed by atoms with E-state index in [1.54, 1.807) is 18.0 Å². The summed E-state index contributed by atoms with van der Waals surface area (Å²) in [5.41, 5.74) is 7.41. The van der Waals surface area contributed by atoms with E-state index in [-0.39, 0.29) is 18.4 Å². The molecule has 0 aliphatic rings. The molecule has 0 fully saturated rings. The lowest BCUT2D eigenvalue weighted by molar-refractivity contribution is -0.123. The summed E-state index contributed by atoms with van der Waals surface area (Å²) < 4.78 is 6.86. The molecule has 0 spiro atoms. The van der Waals surface area contributed by atoms with Gasteiger partial charge in [-0.1, -0.05) is 18.2 Å². The fourth-order valence-corrected chi connectivity index (χ4v) is 1.92. The largest absolute Gasteiger partial charge is 0.380 e. The van der Waals surface area contributed by atoms with Crippen molar-refractivity contribution in [2.24, 2.45) is 5.73 Å². The van der Waals surface area contributed by atoms with E-state index >= 15 is 0 Å². The third kappa shape index (κ3) is 4.40. The number of nitrogens with one attached hydrogen (secondary N) is 1. The first-order chi connectivity index (χ1) is 10.2. The fraction of sp³-hybridized carbons (Fsp3) is 0.333. The summed E-state index contributed by atoms with van der Waals surface area (Å²) in [4.78, 5) is 11.7. The van der Waals surface area contributed by atoms with Crippen molar-refractivity contribution in [2.75, 3.05) is 13.7 Å². The Kier molecular flexibility index (Phi) is 5.48. The van der Waals surface area contributed by atoms with Crippen LogP contribution in [0.1, 0.15) is 12.0 Å². The van der Waals surface area contributed by atoms with Gasteiger partial charge in [0.25, 0.3) is 0 Å². The van der Waals surface area contributed by atoms with E-state index < -0.39 is 0 Å². The van der Waals surface area contributed by atoms with Crippen LogP contribution in [0.25, 0.3) is 5.69 Å². The standard InChI is InChI=1S/C15H20N4O2/c1-21-14(8-16)7-15(20)17-9-12-10-18-19(11-12)13-5-3-2-4-6-13/h2-6,10-11,14H,7-9,16H2,1H3,(H,17,20). The Morgan fingerprint density at radius 3 is 2.86 bits per heavy atom. The van der Waals surface area contributed by atoms with Crippen molar-refractivity contribution in [3.63, 3.8) is 0 Å². The highest BCUT2D eigenvalue weighted by Gasteiger charge is 2.11. The Morgan fingerprint density at radius 2 is 2.19 bits per heavy atom. The van der Waals surface area contributed by atoms with Gasteiger partial charge in [-0.3, -0.25) is 4.79 Å². The third-order valence-electron chi connectivity index (χ3n) is 3.16. The van der Waals surface area contributed by atoms with Crippen molar-refractivity contribution in [2.45, 2.75) is 19.1 Å². The maximum atomic E-state index is 11.7. The number of benzene rings is 1. The average Bonchev–Trinajstić information content (AvgIpc) is 3.00. The lowest BCUT2D eigenvalue weighted by Crippen LogP contribution is -2.31. The Balaban J connectivity index is 1.87. The number of carbonyl (C=O) groups is 1. The molecule has 3 N–H and O–H groups in total. The number of carbonyl (C=O) groups excluding carboxylic acids is 1. The molecule has 0 saturated heterocycles. The van der Waals surface area contributed by atoms with Crippen molar-refractivity contribution < 1.29 is 9.53 Å². The van der Waals surface area contributed by atoms with Crippen LogP contribution >= 0.6 is 0 Å². The van der Waals surface area contributed by atoms with Crippen LogP contribution in [0.5, 0.6) is 0 Å². The monoisotopic (exact) mass is 288 g/mol. The van der Waals surface area contributed by atoms with Crippen LogP contribution in [-0.2, 0) is 16.1 Å². The number of rotatable bonds is 7. The predicted molar refractivity (Wildman–Crippen MR) is 79.9 cm³/mol. The molecule has 6 nitrogen and oxygen atoms in total. The van der Waals surface area contributed by atoms with E-state index in [0.717, 1.165) is 11.3 Å². The van der Waals surface area contributed by atoms with Crippen molar-refractivity contribution in [3.05, 3.63) is 48.3 Å². The van der Waals surface area contributed by atoms with Crippen molar-refractivity contribution >= 4 is 5.91 Å². The molecule has 1 amide bonds. The van der Waals surface area contributed by atoms with Gasteiger partial charge >= 0.3 is 0 Å². The minimum atomic E-state index is -0.239. The molecule has 112 valence electrons. The first kappa shape index (κ1) is 15.2. The van der Waals surface area contributed by atoms with E-state index in [9.17, 15) is 4.79 Å². The molecule has 0 aliphatic carbocycles. The Bertz CT molecular complexity index is 564. The van der Waals surface area contributed by atoms with E-state index in [1.165, 1.54) is 0 Å². The maximum absolute atomic E-state index is 11.7. The Hall–Kier alpha value is -2.18. The quantitative estimate of drug-likeness (QED) is 0.791. The molecule has 1 atom stereocenters. The Morgan fingerprint density at radius 1 is 1.43 bits per heavy atom. The number of nitrogens with two attached hydrogens (primary N) is 1. The molecule has 0 radical (unpaired) electrons. The van der Waals surface area contributed by atoms with Gasteiger partial charge < -0.3 is 15.8 Å². The second-order valence-electron chi connectivity index (χ2n) is 4.70. The van der Waals surface area contributed by atoms with Gasteiger partial charge in [0.2, 0.25) is 5.91 Å². The zero-order valence-electron chi connectivity index (χ0n) is 12.0. The predicted octanol–water partition coefficient (Wildman–Crippen LogP) is 0.852. The smallest absolute Gasteiger partial charge is 0.222 e. The van der Waals surface area contributed by atoms with E-state index in [2.05, 4.69) is 10.4 Å². The fourth-order valence-electron chi connectivity index (χ4n) is 1.92. The van der Waals surface area contributed by atoms with Crippen LogP contribution in [0.2, 0.25) is 0 Å². The first-order valence-corrected chi connectivity index (χ1v) is 6.81. The summed E-state index contributed by atoms with van der Waals surface area (Å²) in [5.74, 6) is -0.0836. The lowest BCUT2D eigenvalue weighted by atomic mass is 10.2. The van der Waals surface area contributed by atoms with Gasteiger partial charge in [0, 0.05) is 32.0 Å². The van der Waals surface area contributed by atoms with Gasteiger partial charge in [0.15, 0.2) is 0 Å². The number of methoxy groups -OCH3 is 1. The van der Waals surface area contributed by atoms with Crippen LogP contribution in [0, 0.1) is 0 Å². The molecule has 0 aliphatic heterocycles. The normalized spacial score (nSPS) is 12.1. The van der Waals surface area contributed by atoms with Crippen molar-refractivity contribution in [1.29, 1.82) is 0 Å². The van der Waals surface area contributed by atoms with E-state index in [4.69, 9.17) is 10.5 Å². The summed E-state index contributed by atoms with van der Waals surface area (Å²) in [6, 6.07) is 9.81. The zero-order chi connectivity index (χ0) is 15.1. The molecule has 0 saturated carbocycles. The summed E-state index contributed by atoms with van der Waals surface area (Å²) in [6.07, 6.45) is 3.66. The number of hydrogen-bond acceptors (Lipinski definition) is 4. The number of hydrogen-bond donors (Lipinski definition) is 2. The van der Waals surface area contributed by atoms with Gasteiger partial charge in [-0.05, 0) is 12.1 Å². The molecule has 1 unspecified atom stereocenters. The zero-order valence-corrected chi connectivity index (χ0v) is 12.0. The number of amides is 1. The molecule has 1 heterocycles. The highest BCUT2D eigenvalue weighted by molar-refractivity contribution is 5.76. The molecule has 1 aromatic carbocycles. The van der Waals surface area contributed by atoms with Gasteiger partial charge in [0.05, 0.1) is 24.4 Å². The average molecular weight is 288 g/mol. The second-order valence-corrected chi connectivity index (χ2v) is 4.70. The summed E-state index contributed by atoms with van der Waals surface area (Å²) in [6.45, 7) is 0.766. The number of ether oxygens (including phenoxy) is 1. The SMILES string of the molecule is COC(CN)CC(=O)NCc1cnn(-c2ccccc2)c1. The molecular weight excluding hydrogens is 268 g/mol. The molecule has 2 aromatic rings. The minimum absolute atomic E-state index is 0.0836. The summed E-state index contributed by atoms with van der Waals surface area (Å²) in [5, 5.41) is 7.11. The van der Waals surface area contributed by atoms with Gasteiger partial charge in [0.1, 0.15) is 0 Å². The molecule has 21 heavy (non-hydrogen) atoms. The number of aromatic nitrogens is 2. The number of para-hydroxylation sites is 1. The second kappa shape index (κ2) is 7.56. The molecule has 2 rings (SSSR count). The van der Waals surface area contributed by atoms with Crippen LogP contribution in [-0.4, -0.2) is 35.4 Å². The molecule has 1 aromatic heterocycles. The van der Waals surface area contributed by atoms with E-state index in [0.29, 0.717) is 13.1 Å². The summed E-state index contributed by atoms with van der Waals surface area (Å²) >= 11 is 0. The van der Waals surface area contributed by atoms with Crippen molar-refractivity contribution in [1.82, 2.24) is 15.1 Å². The highest BCUT2D eigenvalue weighted by atomic mass is 16.5. The van der Waals surface area contributed by atoms with Crippen LogP contribution in [0.15, 0.2) is 42.7 Å². The van der Waals surface area contributed by atoms with E-state index in [1.807, 2.05) is 36.5 Å².